The summed E-state index contributed by atoms with van der Waals surface area (Å²) in [6.45, 7) is 5.59. The van der Waals surface area contributed by atoms with Gasteiger partial charge in [-0.1, -0.05) is 0 Å². The number of benzene rings is 1. The number of aromatic nitrogens is 1. The van der Waals surface area contributed by atoms with Crippen LogP contribution in [-0.2, 0) is 0 Å². The second-order valence-corrected chi connectivity index (χ2v) is 8.35. The summed E-state index contributed by atoms with van der Waals surface area (Å²) < 4.78 is 22.8. The van der Waals surface area contributed by atoms with Crippen LogP contribution in [0.2, 0.25) is 0 Å². The number of carboxylic acid groups (broad SMARTS) is 1. The largest absolute Gasteiger partial charge is 0.487 e. The standard InChI is InChI=1S/C20H22FN3O4/c1-8-7-28-19-16-10(18(25)13(20(26)27)6-24(8)16)3-14(21)17(19)23-4-11-12(5-23)15(11)9(2)22/h3,6,8-9,11-12,15H,4-5,7,22H2,1-2H3,(H,26,27)/t8?,9?,11-,12+,15+. The fourth-order valence-electron chi connectivity index (χ4n) is 5.19. The molecule has 0 radical (unpaired) electrons. The lowest BCUT2D eigenvalue weighted by atomic mass is 10.0. The topological polar surface area (TPSA) is 97.8 Å². The molecule has 1 aliphatic carbocycles. The van der Waals surface area contributed by atoms with Gasteiger partial charge < -0.3 is 25.0 Å². The van der Waals surface area contributed by atoms with Crippen molar-refractivity contribution in [3.8, 4) is 5.75 Å². The number of aromatic carboxylic acids is 1. The Balaban J connectivity index is 1.68. The van der Waals surface area contributed by atoms with Gasteiger partial charge in [-0.15, -0.1) is 0 Å². The summed E-state index contributed by atoms with van der Waals surface area (Å²) in [4.78, 5) is 26.1. The molecular formula is C20H22FN3O4. The van der Waals surface area contributed by atoms with E-state index < -0.39 is 17.2 Å². The number of halogens is 1. The van der Waals surface area contributed by atoms with E-state index in [4.69, 9.17) is 10.5 Å². The zero-order valence-electron chi connectivity index (χ0n) is 15.7. The third kappa shape index (κ3) is 2.24. The Morgan fingerprint density at radius 1 is 1.39 bits per heavy atom. The molecule has 1 aromatic heterocycles. The van der Waals surface area contributed by atoms with Crippen molar-refractivity contribution in [2.75, 3.05) is 24.6 Å². The van der Waals surface area contributed by atoms with Gasteiger partial charge in [0.2, 0.25) is 5.43 Å². The number of hydrogen-bond acceptors (Lipinski definition) is 5. The molecule has 2 fully saturated rings. The van der Waals surface area contributed by atoms with E-state index >= 15 is 4.39 Å². The van der Waals surface area contributed by atoms with Gasteiger partial charge in [0.15, 0.2) is 11.6 Å². The molecule has 7 nitrogen and oxygen atoms in total. The third-order valence-electron chi connectivity index (χ3n) is 6.56. The lowest BCUT2D eigenvalue weighted by molar-refractivity contribution is 0.0694. The number of carbonyl (C=O) groups is 1. The van der Waals surface area contributed by atoms with Gasteiger partial charge in [-0.3, -0.25) is 4.79 Å². The third-order valence-corrected chi connectivity index (χ3v) is 6.56. The maximum atomic E-state index is 15.1. The van der Waals surface area contributed by atoms with Crippen molar-refractivity contribution >= 4 is 22.6 Å². The van der Waals surface area contributed by atoms with E-state index in [1.54, 1.807) is 4.57 Å². The van der Waals surface area contributed by atoms with Crippen LogP contribution in [0.15, 0.2) is 17.1 Å². The van der Waals surface area contributed by atoms with E-state index in [0.29, 0.717) is 47.8 Å². The van der Waals surface area contributed by atoms with Gasteiger partial charge in [-0.05, 0) is 37.7 Å². The molecule has 3 aliphatic rings. The molecule has 2 unspecified atom stereocenters. The SMILES string of the molecule is CC(N)[C@H]1[C@@H]2CN(c3c(F)cc4c(=O)c(C(=O)O)cn5c4c3OCC5C)C[C@@H]21. The van der Waals surface area contributed by atoms with Crippen molar-refractivity contribution in [1.29, 1.82) is 0 Å². The van der Waals surface area contributed by atoms with Gasteiger partial charge in [-0.25, -0.2) is 9.18 Å². The van der Waals surface area contributed by atoms with E-state index in [1.165, 1.54) is 6.20 Å². The highest BCUT2D eigenvalue weighted by molar-refractivity contribution is 5.97. The minimum absolute atomic E-state index is 0.0421. The average Bonchev–Trinajstić information content (AvgIpc) is 3.15. The molecule has 8 heteroatoms. The molecule has 1 saturated heterocycles. The van der Waals surface area contributed by atoms with Crippen LogP contribution in [0.3, 0.4) is 0 Å². The number of rotatable bonds is 3. The quantitative estimate of drug-likeness (QED) is 0.834. The van der Waals surface area contributed by atoms with Crippen LogP contribution < -0.4 is 20.8 Å². The summed E-state index contributed by atoms with van der Waals surface area (Å²) in [5.41, 5.74) is 5.81. The summed E-state index contributed by atoms with van der Waals surface area (Å²) in [6.07, 6.45) is 1.35. The first-order valence-electron chi connectivity index (χ1n) is 9.57. The number of nitrogens with two attached hydrogens (primary N) is 1. The van der Waals surface area contributed by atoms with Crippen molar-refractivity contribution in [2.45, 2.75) is 25.9 Å². The van der Waals surface area contributed by atoms with Gasteiger partial charge in [0, 0.05) is 25.3 Å². The number of fused-ring (bicyclic) bond motifs is 1. The minimum atomic E-state index is -1.32. The van der Waals surface area contributed by atoms with Gasteiger partial charge in [0.25, 0.3) is 0 Å². The second-order valence-electron chi connectivity index (χ2n) is 8.35. The van der Waals surface area contributed by atoms with Crippen molar-refractivity contribution in [2.24, 2.45) is 23.5 Å². The maximum Gasteiger partial charge on any atom is 0.341 e. The number of ether oxygens (including phenoxy) is 1. The number of piperidine rings is 1. The van der Waals surface area contributed by atoms with Crippen LogP contribution in [-0.4, -0.2) is 41.4 Å². The molecule has 5 atom stereocenters. The Labute approximate surface area is 160 Å². The van der Waals surface area contributed by atoms with Crippen LogP contribution in [0.4, 0.5) is 10.1 Å². The summed E-state index contributed by atoms with van der Waals surface area (Å²) in [5.74, 6) is -0.138. The predicted octanol–water partition coefficient (Wildman–Crippen LogP) is 1.82. The molecule has 1 aromatic carbocycles. The predicted molar refractivity (Wildman–Crippen MR) is 102 cm³/mol. The van der Waals surface area contributed by atoms with E-state index in [0.717, 1.165) is 6.07 Å². The lowest BCUT2D eigenvalue weighted by Crippen LogP contribution is -2.32. The number of pyridine rings is 1. The van der Waals surface area contributed by atoms with Crippen molar-refractivity contribution in [1.82, 2.24) is 4.57 Å². The summed E-state index contributed by atoms with van der Waals surface area (Å²) in [7, 11) is 0. The van der Waals surface area contributed by atoms with Gasteiger partial charge in [0.1, 0.15) is 17.9 Å². The number of hydrogen-bond donors (Lipinski definition) is 2. The number of nitrogens with zero attached hydrogens (tertiary/aromatic N) is 2. The van der Waals surface area contributed by atoms with Crippen LogP contribution >= 0.6 is 0 Å². The van der Waals surface area contributed by atoms with Crippen molar-refractivity contribution in [3.63, 3.8) is 0 Å². The number of carboxylic acids is 1. The van der Waals surface area contributed by atoms with Crippen LogP contribution in [0.5, 0.6) is 5.75 Å². The molecule has 28 heavy (non-hydrogen) atoms. The lowest BCUT2D eigenvalue weighted by Gasteiger charge is -2.32. The van der Waals surface area contributed by atoms with Crippen molar-refractivity contribution < 1.29 is 19.0 Å². The first-order valence-corrected chi connectivity index (χ1v) is 9.57. The molecule has 0 amide bonds. The Kier molecular flexibility index (Phi) is 3.56. The van der Waals surface area contributed by atoms with Crippen LogP contribution in [0.1, 0.15) is 30.2 Å². The Hall–Kier alpha value is -2.61. The Bertz CT molecular complexity index is 1070. The van der Waals surface area contributed by atoms with Gasteiger partial charge in [-0.2, -0.15) is 0 Å². The van der Waals surface area contributed by atoms with Gasteiger partial charge >= 0.3 is 5.97 Å². The van der Waals surface area contributed by atoms with E-state index in [9.17, 15) is 14.7 Å². The molecule has 0 spiro atoms. The molecule has 0 bridgehead atoms. The first kappa shape index (κ1) is 17.5. The molecule has 3 heterocycles. The normalized spacial score (nSPS) is 28.8. The molecule has 2 aliphatic heterocycles. The maximum absolute atomic E-state index is 15.1. The summed E-state index contributed by atoms with van der Waals surface area (Å²) in [6, 6.07) is 1.13. The zero-order valence-corrected chi connectivity index (χ0v) is 15.7. The zero-order chi connectivity index (χ0) is 19.9. The molecule has 3 N–H and O–H groups in total. The Morgan fingerprint density at radius 3 is 2.68 bits per heavy atom. The molecule has 5 rings (SSSR count). The van der Waals surface area contributed by atoms with E-state index in [2.05, 4.69) is 0 Å². The first-order chi connectivity index (χ1) is 13.3. The minimum Gasteiger partial charge on any atom is -0.487 e. The van der Waals surface area contributed by atoms with Crippen LogP contribution in [0.25, 0.3) is 10.9 Å². The fourth-order valence-corrected chi connectivity index (χ4v) is 5.19. The Morgan fingerprint density at radius 2 is 2.07 bits per heavy atom. The van der Waals surface area contributed by atoms with Gasteiger partial charge in [0.05, 0.1) is 16.9 Å². The molecule has 2 aromatic rings. The molecular weight excluding hydrogens is 365 g/mol. The van der Waals surface area contributed by atoms with E-state index in [1.807, 2.05) is 18.7 Å². The fraction of sp³-hybridized carbons (Fsp3) is 0.500. The highest BCUT2D eigenvalue weighted by Gasteiger charge is 2.57. The van der Waals surface area contributed by atoms with Crippen molar-refractivity contribution in [3.05, 3.63) is 33.9 Å². The summed E-state index contributed by atoms with van der Waals surface area (Å²) >= 11 is 0. The highest BCUT2D eigenvalue weighted by Crippen LogP contribution is 2.55. The highest BCUT2D eigenvalue weighted by atomic mass is 19.1. The summed E-state index contributed by atoms with van der Waals surface area (Å²) in [5, 5.41) is 9.40. The van der Waals surface area contributed by atoms with E-state index in [-0.39, 0.29) is 29.6 Å². The number of anilines is 1. The average molecular weight is 387 g/mol. The molecule has 148 valence electrons. The second kappa shape index (κ2) is 5.70. The smallest absolute Gasteiger partial charge is 0.341 e. The monoisotopic (exact) mass is 387 g/mol. The molecule has 1 saturated carbocycles. The van der Waals surface area contributed by atoms with Crippen LogP contribution in [0, 0.1) is 23.6 Å².